The Kier molecular flexibility index (Phi) is 10.0. The first kappa shape index (κ1) is 21.5. The van der Waals surface area contributed by atoms with Crippen molar-refractivity contribution in [3.63, 3.8) is 0 Å². The van der Waals surface area contributed by atoms with Crippen LogP contribution in [0.1, 0.15) is 94.9 Å². The molecule has 0 radical (unpaired) electrons. The van der Waals surface area contributed by atoms with Crippen molar-refractivity contribution in [1.82, 2.24) is 0 Å². The molecule has 1 atom stereocenters. The fourth-order valence-electron chi connectivity index (χ4n) is 3.47. The Hall–Kier alpha value is -1.76. The molecule has 2 aromatic carbocycles. The number of aryl methyl sites for hydroxylation is 2. The highest BCUT2D eigenvalue weighted by Gasteiger charge is 2.07. The molecule has 0 amide bonds. The molecule has 0 saturated carbocycles. The molecular formula is C26H38O. The summed E-state index contributed by atoms with van der Waals surface area (Å²) in [6, 6.07) is 17.6. The quantitative estimate of drug-likeness (QED) is 0.326. The topological polar surface area (TPSA) is 9.23 Å². The Bertz CT molecular complexity index is 612. The van der Waals surface area contributed by atoms with Gasteiger partial charge in [0.2, 0.25) is 0 Å². The normalized spacial score (nSPS) is 12.1. The van der Waals surface area contributed by atoms with E-state index in [9.17, 15) is 0 Å². The number of benzene rings is 2. The van der Waals surface area contributed by atoms with Crippen molar-refractivity contribution in [3.05, 3.63) is 65.2 Å². The fourth-order valence-corrected chi connectivity index (χ4v) is 3.47. The van der Waals surface area contributed by atoms with E-state index >= 15 is 0 Å². The minimum Gasteiger partial charge on any atom is -0.486 e. The van der Waals surface area contributed by atoms with Crippen molar-refractivity contribution in [2.45, 2.75) is 91.1 Å². The maximum atomic E-state index is 6.15. The van der Waals surface area contributed by atoms with Crippen molar-refractivity contribution < 1.29 is 4.74 Å². The van der Waals surface area contributed by atoms with Crippen LogP contribution in [0.3, 0.4) is 0 Å². The van der Waals surface area contributed by atoms with Crippen LogP contribution < -0.4 is 4.74 Å². The molecule has 2 aromatic rings. The lowest BCUT2D eigenvalue weighted by Gasteiger charge is -2.16. The van der Waals surface area contributed by atoms with Crippen molar-refractivity contribution in [3.8, 4) is 5.75 Å². The highest BCUT2D eigenvalue weighted by Crippen LogP contribution is 2.23. The lowest BCUT2D eigenvalue weighted by molar-refractivity contribution is 0.227. The zero-order chi connectivity index (χ0) is 19.3. The standard InChI is InChI=1S/C26H38O/c1-4-6-8-9-11-13-24-16-20-26(21-17-24)27-22(3)25-18-14-23(15-19-25)12-10-7-5-2/h14-22H,4-13H2,1-3H3. The molecular weight excluding hydrogens is 328 g/mol. The lowest BCUT2D eigenvalue weighted by Crippen LogP contribution is -2.03. The Balaban J connectivity index is 1.78. The van der Waals surface area contributed by atoms with E-state index in [0.29, 0.717) is 0 Å². The smallest absolute Gasteiger partial charge is 0.121 e. The highest BCUT2D eigenvalue weighted by atomic mass is 16.5. The predicted molar refractivity (Wildman–Crippen MR) is 118 cm³/mol. The van der Waals surface area contributed by atoms with Crippen LogP contribution in [0, 0.1) is 0 Å². The first-order chi connectivity index (χ1) is 13.2. The van der Waals surface area contributed by atoms with Crippen molar-refractivity contribution in [1.29, 1.82) is 0 Å². The molecule has 0 heterocycles. The first-order valence-electron chi connectivity index (χ1n) is 11.1. The van der Waals surface area contributed by atoms with Crippen LogP contribution in [-0.4, -0.2) is 0 Å². The zero-order valence-corrected chi connectivity index (χ0v) is 17.7. The minimum atomic E-state index is 0.0783. The Labute approximate surface area is 167 Å². The van der Waals surface area contributed by atoms with E-state index in [1.807, 2.05) is 0 Å². The van der Waals surface area contributed by atoms with E-state index in [-0.39, 0.29) is 6.10 Å². The van der Waals surface area contributed by atoms with Gasteiger partial charge in [0.1, 0.15) is 11.9 Å². The molecule has 0 fully saturated rings. The molecule has 2 rings (SSSR count). The molecule has 0 N–H and O–H groups in total. The second-order valence-electron chi connectivity index (χ2n) is 7.77. The summed E-state index contributed by atoms with van der Waals surface area (Å²) >= 11 is 0. The van der Waals surface area contributed by atoms with Crippen molar-refractivity contribution in [2.24, 2.45) is 0 Å². The Morgan fingerprint density at radius 3 is 1.70 bits per heavy atom. The monoisotopic (exact) mass is 366 g/mol. The van der Waals surface area contributed by atoms with E-state index in [4.69, 9.17) is 4.74 Å². The van der Waals surface area contributed by atoms with Gasteiger partial charge in [-0.05, 0) is 61.4 Å². The van der Waals surface area contributed by atoms with Gasteiger partial charge in [0.05, 0.1) is 0 Å². The second-order valence-corrected chi connectivity index (χ2v) is 7.77. The van der Waals surface area contributed by atoms with Crippen molar-refractivity contribution in [2.75, 3.05) is 0 Å². The molecule has 0 aliphatic carbocycles. The van der Waals surface area contributed by atoms with E-state index in [1.165, 1.54) is 80.9 Å². The number of hydrogen-bond acceptors (Lipinski definition) is 1. The van der Waals surface area contributed by atoms with Gasteiger partial charge >= 0.3 is 0 Å². The van der Waals surface area contributed by atoms with Gasteiger partial charge in [0.25, 0.3) is 0 Å². The second kappa shape index (κ2) is 12.6. The van der Waals surface area contributed by atoms with Crippen LogP contribution in [0.5, 0.6) is 5.75 Å². The third-order valence-electron chi connectivity index (χ3n) is 5.32. The molecule has 0 aliphatic rings. The molecule has 1 nitrogen and oxygen atoms in total. The summed E-state index contributed by atoms with van der Waals surface area (Å²) in [4.78, 5) is 0. The van der Waals surface area contributed by atoms with Gasteiger partial charge in [-0.2, -0.15) is 0 Å². The summed E-state index contributed by atoms with van der Waals surface area (Å²) in [5.41, 5.74) is 4.10. The van der Waals surface area contributed by atoms with Crippen LogP contribution in [0.2, 0.25) is 0 Å². The molecule has 1 heteroatoms. The summed E-state index contributed by atoms with van der Waals surface area (Å²) in [6.07, 6.45) is 13.0. The number of ether oxygens (including phenoxy) is 1. The lowest BCUT2D eigenvalue weighted by atomic mass is 10.0. The largest absolute Gasteiger partial charge is 0.486 e. The van der Waals surface area contributed by atoms with Crippen LogP contribution in [-0.2, 0) is 12.8 Å². The Morgan fingerprint density at radius 2 is 1.11 bits per heavy atom. The molecule has 0 bridgehead atoms. The van der Waals surface area contributed by atoms with Gasteiger partial charge in [-0.1, -0.05) is 88.8 Å². The maximum Gasteiger partial charge on any atom is 0.121 e. The van der Waals surface area contributed by atoms with Gasteiger partial charge in [0.15, 0.2) is 0 Å². The highest BCUT2D eigenvalue weighted by molar-refractivity contribution is 5.29. The van der Waals surface area contributed by atoms with Crippen LogP contribution in [0.15, 0.2) is 48.5 Å². The molecule has 0 saturated heterocycles. The summed E-state index contributed by atoms with van der Waals surface area (Å²) in [6.45, 7) is 6.65. The van der Waals surface area contributed by atoms with Crippen LogP contribution in [0.4, 0.5) is 0 Å². The molecule has 0 spiro atoms. The van der Waals surface area contributed by atoms with E-state index in [2.05, 4.69) is 69.3 Å². The zero-order valence-electron chi connectivity index (χ0n) is 17.7. The van der Waals surface area contributed by atoms with Gasteiger partial charge in [-0.15, -0.1) is 0 Å². The van der Waals surface area contributed by atoms with Gasteiger partial charge < -0.3 is 4.74 Å². The fraction of sp³-hybridized carbons (Fsp3) is 0.538. The molecule has 1 unspecified atom stereocenters. The van der Waals surface area contributed by atoms with E-state index < -0.39 is 0 Å². The van der Waals surface area contributed by atoms with Gasteiger partial charge in [0, 0.05) is 0 Å². The first-order valence-corrected chi connectivity index (χ1v) is 11.1. The number of unbranched alkanes of at least 4 members (excludes halogenated alkanes) is 6. The minimum absolute atomic E-state index is 0.0783. The third-order valence-corrected chi connectivity index (χ3v) is 5.32. The van der Waals surface area contributed by atoms with Crippen LogP contribution in [0.25, 0.3) is 0 Å². The number of hydrogen-bond donors (Lipinski definition) is 0. The molecule has 148 valence electrons. The van der Waals surface area contributed by atoms with Gasteiger partial charge in [-0.3, -0.25) is 0 Å². The summed E-state index contributed by atoms with van der Waals surface area (Å²) in [7, 11) is 0. The Morgan fingerprint density at radius 1 is 0.630 bits per heavy atom. The van der Waals surface area contributed by atoms with Gasteiger partial charge in [-0.25, -0.2) is 0 Å². The maximum absolute atomic E-state index is 6.15. The average Bonchev–Trinajstić information content (AvgIpc) is 2.70. The summed E-state index contributed by atoms with van der Waals surface area (Å²) in [5, 5.41) is 0. The van der Waals surface area contributed by atoms with Crippen LogP contribution >= 0.6 is 0 Å². The molecule has 27 heavy (non-hydrogen) atoms. The predicted octanol–water partition coefficient (Wildman–Crippen LogP) is 8.07. The third kappa shape index (κ3) is 8.20. The molecule has 0 aliphatic heterocycles. The number of rotatable bonds is 13. The summed E-state index contributed by atoms with van der Waals surface area (Å²) < 4.78 is 6.15. The van der Waals surface area contributed by atoms with Crippen molar-refractivity contribution >= 4 is 0 Å². The summed E-state index contributed by atoms with van der Waals surface area (Å²) in [5.74, 6) is 0.962. The SMILES string of the molecule is CCCCCCCc1ccc(OC(C)c2ccc(CCCCC)cc2)cc1. The van der Waals surface area contributed by atoms with E-state index in [0.717, 1.165) is 5.75 Å². The average molecular weight is 367 g/mol. The molecule has 0 aromatic heterocycles. The van der Waals surface area contributed by atoms with E-state index in [1.54, 1.807) is 0 Å².